The van der Waals surface area contributed by atoms with E-state index in [0.29, 0.717) is 0 Å². The Labute approximate surface area is 125 Å². The molecule has 0 aromatic heterocycles. The van der Waals surface area contributed by atoms with Crippen LogP contribution in [0.4, 0.5) is 0 Å². The van der Waals surface area contributed by atoms with E-state index >= 15 is 0 Å². The van der Waals surface area contributed by atoms with Crippen LogP contribution in [0.15, 0.2) is 38.0 Å². The molecule has 0 amide bonds. The summed E-state index contributed by atoms with van der Waals surface area (Å²) in [4.78, 5) is 27.4. The minimum absolute atomic E-state index is 0. The van der Waals surface area contributed by atoms with Crippen LogP contribution >= 0.6 is 0 Å². The van der Waals surface area contributed by atoms with Crippen LogP contribution in [0.1, 0.15) is 0 Å². The van der Waals surface area contributed by atoms with Gasteiger partial charge in [-0.3, -0.25) is 0 Å². The zero-order valence-electron chi connectivity index (χ0n) is 8.21. The Morgan fingerprint density at radius 2 is 0.750 bits per heavy atom. The molecule has 0 spiro atoms. The van der Waals surface area contributed by atoms with Gasteiger partial charge in [-0.05, 0) is 18.2 Å². The van der Waals surface area contributed by atoms with Crippen molar-refractivity contribution < 1.29 is 70.1 Å². The van der Waals surface area contributed by atoms with E-state index in [4.69, 9.17) is 29.7 Å². The topological polar surface area (TPSA) is 120 Å². The Bertz CT molecular complexity index is 216. The fraction of sp³-hybridized carbons (Fsp3) is 0. The molecule has 0 fully saturated rings. The summed E-state index contributed by atoms with van der Waals surface area (Å²) >= 11 is 0. The monoisotopic (exact) mass is 365 g/mol. The second-order valence-electron chi connectivity index (χ2n) is 1.57. The molecule has 0 unspecified atom stereocenters. The van der Waals surface area contributed by atoms with Crippen molar-refractivity contribution in [3.63, 3.8) is 0 Å². The average Bonchev–Trinajstić information content (AvgIpc) is 2.19. The van der Waals surface area contributed by atoms with Crippen molar-refractivity contribution in [1.82, 2.24) is 0 Å². The number of carbonyl (C=O) groups excluding carboxylic acids is 3. The molecular formula is C9H9O6Sm. The number of carboxylic acid groups (broad SMARTS) is 3. The maximum absolute atomic E-state index is 9.14. The molecule has 87 valence electrons. The molecule has 7 heteroatoms. The molecule has 0 heterocycles. The number of rotatable bonds is 3. The van der Waals surface area contributed by atoms with E-state index in [1.165, 1.54) is 0 Å². The van der Waals surface area contributed by atoms with E-state index in [-0.39, 0.29) is 40.4 Å². The number of hydrogen-bond donors (Lipinski definition) is 0. The summed E-state index contributed by atoms with van der Waals surface area (Å²) in [5.74, 6) is -3.69. The van der Waals surface area contributed by atoms with Gasteiger partial charge >= 0.3 is 40.4 Å². The van der Waals surface area contributed by atoms with E-state index in [2.05, 4.69) is 19.7 Å². The molecule has 16 heavy (non-hydrogen) atoms. The summed E-state index contributed by atoms with van der Waals surface area (Å²) in [6.07, 6.45) is 2.17. The Morgan fingerprint density at radius 1 is 0.688 bits per heavy atom. The molecule has 0 aliphatic rings. The fourth-order valence-corrected chi connectivity index (χ4v) is 0. The van der Waals surface area contributed by atoms with Gasteiger partial charge in [0.2, 0.25) is 0 Å². The molecule has 0 aliphatic heterocycles. The van der Waals surface area contributed by atoms with Gasteiger partial charge in [-0.25, -0.2) is 0 Å². The molecule has 0 N–H and O–H groups in total. The fourth-order valence-electron chi connectivity index (χ4n) is 0. The van der Waals surface area contributed by atoms with E-state index in [1.54, 1.807) is 0 Å². The first-order valence-electron chi connectivity index (χ1n) is 3.32. The first-order chi connectivity index (χ1) is 6.81. The third-order valence-corrected chi connectivity index (χ3v) is 0.500. The molecule has 0 aliphatic carbocycles. The number of carbonyl (C=O) groups is 3. The largest absolute Gasteiger partial charge is 3.00 e. The zero-order chi connectivity index (χ0) is 12.9. The van der Waals surface area contributed by atoms with Gasteiger partial charge in [-0.1, -0.05) is 19.7 Å². The molecule has 6 nitrogen and oxygen atoms in total. The Morgan fingerprint density at radius 3 is 0.750 bits per heavy atom. The maximum Gasteiger partial charge on any atom is 3.00 e. The molecule has 0 saturated carbocycles. The normalized spacial score (nSPS) is 6.00. The van der Waals surface area contributed by atoms with Gasteiger partial charge in [0, 0.05) is 0 Å². The summed E-state index contributed by atoms with van der Waals surface area (Å²) in [6.45, 7) is 8.69. The summed E-state index contributed by atoms with van der Waals surface area (Å²) in [7, 11) is 0. The van der Waals surface area contributed by atoms with Gasteiger partial charge in [-0.2, -0.15) is 0 Å². The van der Waals surface area contributed by atoms with Crippen molar-refractivity contribution in [2.24, 2.45) is 0 Å². The van der Waals surface area contributed by atoms with E-state index in [9.17, 15) is 0 Å². The minimum atomic E-state index is -1.23. The van der Waals surface area contributed by atoms with Gasteiger partial charge in [0.1, 0.15) is 0 Å². The van der Waals surface area contributed by atoms with Crippen LogP contribution in [0, 0.1) is 40.4 Å². The third-order valence-electron chi connectivity index (χ3n) is 0.500. The Kier molecular flexibility index (Phi) is 29.6. The van der Waals surface area contributed by atoms with Gasteiger partial charge < -0.3 is 29.7 Å². The van der Waals surface area contributed by atoms with Crippen LogP contribution in [0.25, 0.3) is 0 Å². The van der Waals surface area contributed by atoms with Crippen LogP contribution in [-0.2, 0) is 14.4 Å². The molecule has 0 aromatic carbocycles. The second-order valence-corrected chi connectivity index (χ2v) is 1.57. The third kappa shape index (κ3) is 75.3. The Balaban J connectivity index is -0.0000000655. The zero-order valence-corrected chi connectivity index (χ0v) is 10.8. The second kappa shape index (κ2) is 19.5. The maximum atomic E-state index is 9.14. The minimum Gasteiger partial charge on any atom is -0.545 e. The van der Waals surface area contributed by atoms with E-state index in [1.807, 2.05) is 0 Å². The first kappa shape index (κ1) is 24.3. The van der Waals surface area contributed by atoms with Crippen molar-refractivity contribution in [1.29, 1.82) is 0 Å². The number of carboxylic acids is 3. The van der Waals surface area contributed by atoms with Gasteiger partial charge in [0.05, 0.1) is 17.9 Å². The van der Waals surface area contributed by atoms with Crippen molar-refractivity contribution >= 4 is 17.9 Å². The predicted molar refractivity (Wildman–Crippen MR) is 45.6 cm³/mol. The van der Waals surface area contributed by atoms with Crippen molar-refractivity contribution in [3.8, 4) is 0 Å². The van der Waals surface area contributed by atoms with Crippen LogP contribution < -0.4 is 15.3 Å². The SMILES string of the molecule is C=CC(=O)[O-].C=CC(=O)[O-].C=CC(=O)[O-].[Sm+3]. The van der Waals surface area contributed by atoms with Crippen molar-refractivity contribution in [2.75, 3.05) is 0 Å². The van der Waals surface area contributed by atoms with Crippen LogP contribution in [0.2, 0.25) is 0 Å². The van der Waals surface area contributed by atoms with E-state index in [0.717, 1.165) is 18.2 Å². The van der Waals surface area contributed by atoms with Crippen molar-refractivity contribution in [2.45, 2.75) is 0 Å². The number of aliphatic carboxylic acids is 3. The molecule has 0 saturated heterocycles. The Hall–Kier alpha value is -1.03. The molecular weight excluding hydrogens is 354 g/mol. The molecule has 0 rings (SSSR count). The van der Waals surface area contributed by atoms with Crippen LogP contribution in [-0.4, -0.2) is 17.9 Å². The average molecular weight is 364 g/mol. The van der Waals surface area contributed by atoms with Crippen LogP contribution in [0.3, 0.4) is 0 Å². The molecule has 1 radical (unpaired) electrons. The summed E-state index contributed by atoms with van der Waals surface area (Å²) < 4.78 is 0. The predicted octanol–water partition coefficient (Wildman–Crippen LogP) is -3.23. The van der Waals surface area contributed by atoms with Gasteiger partial charge in [0.15, 0.2) is 0 Å². The van der Waals surface area contributed by atoms with Crippen LogP contribution in [0.5, 0.6) is 0 Å². The summed E-state index contributed by atoms with van der Waals surface area (Å²) in [6, 6.07) is 0. The number of hydrogen-bond acceptors (Lipinski definition) is 6. The standard InChI is InChI=1S/3C3H4O2.Sm/c3*1-2-3(4)5;/h3*2H,1H2,(H,4,5);/q;;;+3/p-3. The summed E-state index contributed by atoms with van der Waals surface area (Å²) in [5, 5.41) is 27.4. The smallest absolute Gasteiger partial charge is 0.545 e. The summed E-state index contributed by atoms with van der Waals surface area (Å²) in [5.41, 5.74) is 0. The molecule has 0 aromatic rings. The van der Waals surface area contributed by atoms with E-state index < -0.39 is 17.9 Å². The molecule has 0 atom stereocenters. The van der Waals surface area contributed by atoms with Gasteiger partial charge in [-0.15, -0.1) is 0 Å². The quantitative estimate of drug-likeness (QED) is 0.486. The van der Waals surface area contributed by atoms with Crippen molar-refractivity contribution in [3.05, 3.63) is 38.0 Å². The first-order valence-corrected chi connectivity index (χ1v) is 3.32. The van der Waals surface area contributed by atoms with Gasteiger partial charge in [0.25, 0.3) is 0 Å². The molecule has 0 bridgehead atoms.